The minimum atomic E-state index is -0.806. The van der Waals surface area contributed by atoms with Crippen LogP contribution in [0.2, 0.25) is 0 Å². The van der Waals surface area contributed by atoms with Crippen LogP contribution < -0.4 is 0 Å². The molecule has 0 aromatic carbocycles. The minimum absolute atomic E-state index is 0.209. The van der Waals surface area contributed by atoms with E-state index in [1.165, 1.54) is 0 Å². The molecule has 0 amide bonds. The fourth-order valence-corrected chi connectivity index (χ4v) is 0.458. The maximum atomic E-state index is 12.5. The average Bonchev–Trinajstić information content (AvgIpc) is 1.81. The lowest BCUT2D eigenvalue weighted by Crippen LogP contribution is -2.23. The van der Waals surface area contributed by atoms with Gasteiger partial charge in [-0.3, -0.25) is 0 Å². The Labute approximate surface area is 62.6 Å². The van der Waals surface area contributed by atoms with Crippen LogP contribution in [-0.2, 0) is 4.74 Å². The van der Waals surface area contributed by atoms with Crippen LogP contribution in [0, 0.1) is 0 Å². The van der Waals surface area contributed by atoms with Crippen molar-refractivity contribution in [3.8, 4) is 0 Å². The van der Waals surface area contributed by atoms with Crippen molar-refractivity contribution in [3.05, 3.63) is 0 Å². The second-order valence-electron chi connectivity index (χ2n) is 3.43. The first kappa shape index (κ1) is 9.89. The van der Waals surface area contributed by atoms with E-state index < -0.39 is 6.17 Å². The van der Waals surface area contributed by atoms with Gasteiger partial charge in [-0.1, -0.05) is 6.92 Å². The number of alkyl halides is 1. The molecule has 0 aromatic rings. The Hall–Kier alpha value is -0.110. The van der Waals surface area contributed by atoms with Crippen molar-refractivity contribution < 1.29 is 9.13 Å². The van der Waals surface area contributed by atoms with Crippen LogP contribution in [0.5, 0.6) is 0 Å². The third-order valence-corrected chi connectivity index (χ3v) is 1.14. The van der Waals surface area contributed by atoms with Crippen molar-refractivity contribution in [1.82, 2.24) is 0 Å². The van der Waals surface area contributed by atoms with Crippen LogP contribution in [0.25, 0.3) is 0 Å². The van der Waals surface area contributed by atoms with Crippen molar-refractivity contribution in [2.75, 3.05) is 6.61 Å². The quantitative estimate of drug-likeness (QED) is 0.597. The normalized spacial score (nSPS) is 15.3. The lowest BCUT2D eigenvalue weighted by atomic mass is 10.2. The van der Waals surface area contributed by atoms with Gasteiger partial charge in [0.2, 0.25) is 0 Å². The molecule has 10 heavy (non-hydrogen) atoms. The van der Waals surface area contributed by atoms with Gasteiger partial charge in [-0.2, -0.15) is 0 Å². The summed E-state index contributed by atoms with van der Waals surface area (Å²) in [7, 11) is 0. The Balaban J connectivity index is 3.36. The van der Waals surface area contributed by atoms with Gasteiger partial charge < -0.3 is 4.74 Å². The standard InChI is InChI=1S/C8H17FO/c1-5-7(9)6-10-8(2,3)4/h7H,5-6H2,1-4H3. The summed E-state index contributed by atoms with van der Waals surface area (Å²) >= 11 is 0. The van der Waals surface area contributed by atoms with Crippen LogP contribution in [0.3, 0.4) is 0 Å². The summed E-state index contributed by atoms with van der Waals surface area (Å²) in [4.78, 5) is 0. The molecule has 0 spiro atoms. The SMILES string of the molecule is CCC(F)COC(C)(C)C. The highest BCUT2D eigenvalue weighted by atomic mass is 19.1. The molecule has 0 heterocycles. The lowest BCUT2D eigenvalue weighted by Gasteiger charge is -2.20. The molecule has 1 atom stereocenters. The molecule has 0 aliphatic carbocycles. The largest absolute Gasteiger partial charge is 0.373 e. The zero-order valence-electron chi connectivity index (χ0n) is 7.28. The number of rotatable bonds is 3. The third kappa shape index (κ3) is 6.02. The van der Waals surface area contributed by atoms with Gasteiger partial charge in [0, 0.05) is 0 Å². The molecule has 0 fully saturated rings. The van der Waals surface area contributed by atoms with Crippen LogP contribution in [0.4, 0.5) is 4.39 Å². The van der Waals surface area contributed by atoms with Gasteiger partial charge >= 0.3 is 0 Å². The van der Waals surface area contributed by atoms with E-state index in [1.807, 2.05) is 27.7 Å². The lowest BCUT2D eigenvalue weighted by molar-refractivity contribution is -0.0294. The molecule has 0 saturated heterocycles. The van der Waals surface area contributed by atoms with Crippen molar-refractivity contribution >= 4 is 0 Å². The average molecular weight is 148 g/mol. The fourth-order valence-electron chi connectivity index (χ4n) is 0.458. The highest BCUT2D eigenvalue weighted by molar-refractivity contribution is 4.60. The van der Waals surface area contributed by atoms with Crippen molar-refractivity contribution in [2.24, 2.45) is 0 Å². The number of hydrogen-bond donors (Lipinski definition) is 0. The van der Waals surface area contributed by atoms with Gasteiger partial charge in [0.25, 0.3) is 0 Å². The number of hydrogen-bond acceptors (Lipinski definition) is 1. The predicted molar refractivity (Wildman–Crippen MR) is 40.9 cm³/mol. The van der Waals surface area contributed by atoms with E-state index in [0.29, 0.717) is 6.42 Å². The highest BCUT2D eigenvalue weighted by Crippen LogP contribution is 2.09. The van der Waals surface area contributed by atoms with E-state index >= 15 is 0 Å². The van der Waals surface area contributed by atoms with Gasteiger partial charge in [0.15, 0.2) is 0 Å². The smallest absolute Gasteiger partial charge is 0.123 e. The topological polar surface area (TPSA) is 9.23 Å². The van der Waals surface area contributed by atoms with E-state index in [-0.39, 0.29) is 12.2 Å². The molecule has 0 aromatic heterocycles. The van der Waals surface area contributed by atoms with E-state index in [4.69, 9.17) is 4.74 Å². The molecule has 1 unspecified atom stereocenters. The zero-order chi connectivity index (χ0) is 8.20. The van der Waals surface area contributed by atoms with E-state index in [0.717, 1.165) is 0 Å². The van der Waals surface area contributed by atoms with Crippen LogP contribution in [0.15, 0.2) is 0 Å². The fraction of sp³-hybridized carbons (Fsp3) is 1.00. The van der Waals surface area contributed by atoms with E-state index in [1.54, 1.807) is 0 Å². The molecule has 1 nitrogen and oxygen atoms in total. The summed E-state index contributed by atoms with van der Waals surface area (Å²) in [6.45, 7) is 7.82. The van der Waals surface area contributed by atoms with Crippen LogP contribution in [0.1, 0.15) is 34.1 Å². The third-order valence-electron chi connectivity index (χ3n) is 1.14. The maximum Gasteiger partial charge on any atom is 0.123 e. The molecule has 2 heteroatoms. The Morgan fingerprint density at radius 3 is 2.20 bits per heavy atom. The minimum Gasteiger partial charge on any atom is -0.373 e. The van der Waals surface area contributed by atoms with Crippen LogP contribution >= 0.6 is 0 Å². The molecule has 0 N–H and O–H groups in total. The van der Waals surface area contributed by atoms with Gasteiger partial charge in [-0.15, -0.1) is 0 Å². The van der Waals surface area contributed by atoms with E-state index in [9.17, 15) is 4.39 Å². The first-order valence-electron chi connectivity index (χ1n) is 3.73. The summed E-state index contributed by atoms with van der Waals surface area (Å²) in [6.07, 6.45) is -0.268. The molecule has 0 saturated carbocycles. The Kier molecular flexibility index (Phi) is 3.87. The van der Waals surface area contributed by atoms with Crippen LogP contribution in [-0.4, -0.2) is 18.4 Å². The summed E-state index contributed by atoms with van der Waals surface area (Å²) in [5.74, 6) is 0. The summed E-state index contributed by atoms with van der Waals surface area (Å²) in [6, 6.07) is 0. The molecule has 0 rings (SSSR count). The predicted octanol–water partition coefficient (Wildman–Crippen LogP) is 2.55. The molecule has 0 aliphatic heterocycles. The molecular weight excluding hydrogens is 131 g/mol. The summed E-state index contributed by atoms with van der Waals surface area (Å²) < 4.78 is 17.7. The molecular formula is C8H17FO. The van der Waals surface area contributed by atoms with Crippen molar-refractivity contribution in [1.29, 1.82) is 0 Å². The monoisotopic (exact) mass is 148 g/mol. The number of halogens is 1. The Morgan fingerprint density at radius 1 is 1.40 bits per heavy atom. The second-order valence-corrected chi connectivity index (χ2v) is 3.43. The molecule has 0 aliphatic rings. The highest BCUT2D eigenvalue weighted by Gasteiger charge is 2.12. The van der Waals surface area contributed by atoms with Gasteiger partial charge in [-0.25, -0.2) is 4.39 Å². The Morgan fingerprint density at radius 2 is 1.90 bits per heavy atom. The van der Waals surface area contributed by atoms with Crippen molar-refractivity contribution in [2.45, 2.75) is 45.9 Å². The van der Waals surface area contributed by atoms with Gasteiger partial charge in [-0.05, 0) is 27.2 Å². The maximum absolute atomic E-state index is 12.5. The Bertz CT molecular complexity index is 85.7. The molecule has 0 bridgehead atoms. The van der Waals surface area contributed by atoms with Gasteiger partial charge in [0.1, 0.15) is 6.17 Å². The first-order valence-corrected chi connectivity index (χ1v) is 3.73. The zero-order valence-corrected chi connectivity index (χ0v) is 7.28. The summed E-state index contributed by atoms with van der Waals surface area (Å²) in [5.41, 5.74) is -0.209. The number of ether oxygens (including phenoxy) is 1. The van der Waals surface area contributed by atoms with Crippen molar-refractivity contribution in [3.63, 3.8) is 0 Å². The summed E-state index contributed by atoms with van der Waals surface area (Å²) in [5, 5.41) is 0. The van der Waals surface area contributed by atoms with E-state index in [2.05, 4.69) is 0 Å². The first-order chi connectivity index (χ1) is 4.45. The second kappa shape index (κ2) is 3.91. The molecule has 0 radical (unpaired) electrons. The van der Waals surface area contributed by atoms with Gasteiger partial charge in [0.05, 0.1) is 12.2 Å². The molecule has 62 valence electrons.